The molecule has 0 aromatic carbocycles. The Bertz CT molecular complexity index is 409. The molecule has 0 rings (SSSR count). The summed E-state index contributed by atoms with van der Waals surface area (Å²) in [5, 5.41) is 2.61. The van der Waals surface area contributed by atoms with Crippen molar-refractivity contribution in [1.82, 2.24) is 5.32 Å². The van der Waals surface area contributed by atoms with Gasteiger partial charge in [-0.3, -0.25) is 9.59 Å². The molecule has 120 valence electrons. The van der Waals surface area contributed by atoms with Crippen LogP contribution in [0.15, 0.2) is 12.2 Å². The summed E-state index contributed by atoms with van der Waals surface area (Å²) in [7, 11) is 0. The van der Waals surface area contributed by atoms with Crippen molar-refractivity contribution in [1.29, 1.82) is 0 Å². The quantitative estimate of drug-likeness (QED) is 0.601. The molecule has 0 radical (unpaired) electrons. The summed E-state index contributed by atoms with van der Waals surface area (Å²) in [6.07, 6.45) is 2.20. The topological polar surface area (TPSA) is 81.7 Å². The lowest BCUT2D eigenvalue weighted by Gasteiger charge is -2.25. The first-order valence-electron chi connectivity index (χ1n) is 6.84. The average Bonchev–Trinajstić information content (AvgIpc) is 2.23. The van der Waals surface area contributed by atoms with Crippen molar-refractivity contribution >= 4 is 17.8 Å². The standard InChI is InChI=1S/C15H25NO5/c1-10(17)8-7-9-13(20-12(3)18)11(2)16-14(19)21-15(4,5)6/h7,9,11,13H,8H2,1-6H3,(H,16,19)/b9-7-/t11-,13-/m0/s1. The van der Waals surface area contributed by atoms with Crippen molar-refractivity contribution in [3.05, 3.63) is 12.2 Å². The lowest BCUT2D eigenvalue weighted by atomic mass is 10.1. The van der Waals surface area contributed by atoms with Gasteiger partial charge in [0.15, 0.2) is 0 Å². The molecule has 0 unspecified atom stereocenters. The Balaban J connectivity index is 4.67. The van der Waals surface area contributed by atoms with Crippen molar-refractivity contribution in [2.75, 3.05) is 0 Å². The molecule has 0 saturated carbocycles. The third-order valence-electron chi connectivity index (χ3n) is 2.27. The Kier molecular flexibility index (Phi) is 7.70. The number of carbonyl (C=O) groups excluding carboxylic acids is 3. The van der Waals surface area contributed by atoms with Crippen LogP contribution in [0.1, 0.15) is 48.0 Å². The van der Waals surface area contributed by atoms with E-state index in [1.807, 2.05) is 0 Å². The number of nitrogens with one attached hydrogen (secondary N) is 1. The second-order valence-electron chi connectivity index (χ2n) is 5.84. The van der Waals surface area contributed by atoms with E-state index >= 15 is 0 Å². The summed E-state index contributed by atoms with van der Waals surface area (Å²) in [6, 6.07) is -0.480. The molecule has 0 aromatic rings. The van der Waals surface area contributed by atoms with Gasteiger partial charge in [0.25, 0.3) is 0 Å². The second kappa shape index (κ2) is 8.44. The van der Waals surface area contributed by atoms with Gasteiger partial charge in [-0.1, -0.05) is 6.08 Å². The molecule has 0 aliphatic carbocycles. The maximum absolute atomic E-state index is 11.7. The lowest BCUT2D eigenvalue weighted by Crippen LogP contribution is -2.44. The Morgan fingerprint density at radius 1 is 1.19 bits per heavy atom. The predicted octanol–water partition coefficient (Wildman–Crippen LogP) is 2.37. The molecule has 1 N–H and O–H groups in total. The van der Waals surface area contributed by atoms with E-state index in [-0.39, 0.29) is 12.2 Å². The summed E-state index contributed by atoms with van der Waals surface area (Å²) in [5.41, 5.74) is -0.606. The number of carbonyl (C=O) groups is 3. The molecule has 21 heavy (non-hydrogen) atoms. The van der Waals surface area contributed by atoms with E-state index in [0.29, 0.717) is 0 Å². The number of ketones is 1. The van der Waals surface area contributed by atoms with Crippen LogP contribution in [-0.2, 0) is 19.1 Å². The fourth-order valence-electron chi connectivity index (χ4n) is 1.44. The maximum atomic E-state index is 11.7. The van der Waals surface area contributed by atoms with Crippen LogP contribution in [-0.4, -0.2) is 35.6 Å². The number of alkyl carbamates (subject to hydrolysis) is 1. The first-order chi connectivity index (χ1) is 9.51. The Hall–Kier alpha value is -1.85. The molecule has 0 bridgehead atoms. The molecule has 0 saturated heterocycles. The highest BCUT2D eigenvalue weighted by atomic mass is 16.6. The van der Waals surface area contributed by atoms with E-state index in [1.54, 1.807) is 39.8 Å². The van der Waals surface area contributed by atoms with Crippen molar-refractivity contribution in [2.45, 2.75) is 65.7 Å². The minimum Gasteiger partial charge on any atom is -0.456 e. The molecule has 1 amide bonds. The van der Waals surface area contributed by atoms with Gasteiger partial charge in [-0.2, -0.15) is 0 Å². The van der Waals surface area contributed by atoms with Crippen LogP contribution >= 0.6 is 0 Å². The fourth-order valence-corrected chi connectivity index (χ4v) is 1.44. The highest BCUT2D eigenvalue weighted by Gasteiger charge is 2.23. The molecule has 6 nitrogen and oxygen atoms in total. The van der Waals surface area contributed by atoms with Gasteiger partial charge in [-0.05, 0) is 40.7 Å². The summed E-state index contributed by atoms with van der Waals surface area (Å²) in [4.78, 5) is 33.7. The fraction of sp³-hybridized carbons (Fsp3) is 0.667. The zero-order chi connectivity index (χ0) is 16.6. The largest absolute Gasteiger partial charge is 0.456 e. The molecule has 2 atom stereocenters. The van der Waals surface area contributed by atoms with Gasteiger partial charge < -0.3 is 14.8 Å². The van der Waals surface area contributed by atoms with Crippen molar-refractivity contribution < 1.29 is 23.9 Å². The van der Waals surface area contributed by atoms with Crippen molar-refractivity contribution in [2.24, 2.45) is 0 Å². The van der Waals surface area contributed by atoms with Crippen LogP contribution < -0.4 is 5.32 Å². The number of amides is 1. The van der Waals surface area contributed by atoms with Gasteiger partial charge >= 0.3 is 12.1 Å². The zero-order valence-electron chi connectivity index (χ0n) is 13.6. The van der Waals surface area contributed by atoms with Crippen LogP contribution in [0.2, 0.25) is 0 Å². The van der Waals surface area contributed by atoms with Gasteiger partial charge in [-0.15, -0.1) is 0 Å². The highest BCUT2D eigenvalue weighted by Crippen LogP contribution is 2.09. The number of esters is 1. The van der Waals surface area contributed by atoms with Gasteiger partial charge in [0, 0.05) is 13.3 Å². The monoisotopic (exact) mass is 299 g/mol. The van der Waals surface area contributed by atoms with E-state index in [2.05, 4.69) is 5.32 Å². The maximum Gasteiger partial charge on any atom is 0.408 e. The number of rotatable bonds is 6. The van der Waals surface area contributed by atoms with Crippen molar-refractivity contribution in [3.8, 4) is 0 Å². The smallest absolute Gasteiger partial charge is 0.408 e. The van der Waals surface area contributed by atoms with E-state index in [9.17, 15) is 14.4 Å². The third kappa shape index (κ3) is 10.6. The summed E-state index contributed by atoms with van der Waals surface area (Å²) in [6.45, 7) is 9.71. The summed E-state index contributed by atoms with van der Waals surface area (Å²) < 4.78 is 10.3. The third-order valence-corrected chi connectivity index (χ3v) is 2.27. The SMILES string of the molecule is CC(=O)C/C=C\[C@H](OC(C)=O)[C@H](C)NC(=O)OC(C)(C)C. The molecular weight excluding hydrogens is 274 g/mol. The van der Waals surface area contributed by atoms with E-state index in [4.69, 9.17) is 9.47 Å². The normalized spacial score (nSPS) is 14.4. The van der Waals surface area contributed by atoms with Crippen LogP contribution in [0.4, 0.5) is 4.79 Å². The molecular formula is C15H25NO5. The molecule has 6 heteroatoms. The van der Waals surface area contributed by atoms with Crippen LogP contribution in [0.3, 0.4) is 0 Å². The highest BCUT2D eigenvalue weighted by molar-refractivity contribution is 5.77. The van der Waals surface area contributed by atoms with Gasteiger partial charge in [0.1, 0.15) is 17.5 Å². The number of Topliss-reactive ketones (excluding diaryl/α,β-unsaturated/α-hetero) is 1. The van der Waals surface area contributed by atoms with Crippen LogP contribution in [0, 0.1) is 0 Å². The minimum atomic E-state index is -0.658. The Morgan fingerprint density at radius 3 is 2.19 bits per heavy atom. The molecule has 0 aliphatic rings. The van der Waals surface area contributed by atoms with Gasteiger partial charge in [-0.25, -0.2) is 4.79 Å². The molecule has 0 aliphatic heterocycles. The zero-order valence-corrected chi connectivity index (χ0v) is 13.6. The molecule has 0 fully saturated rings. The summed E-state index contributed by atoms with van der Waals surface area (Å²) in [5.74, 6) is -0.467. The Morgan fingerprint density at radius 2 is 1.76 bits per heavy atom. The first kappa shape index (κ1) is 19.1. The Labute approximate surface area is 125 Å². The average molecular weight is 299 g/mol. The minimum absolute atomic E-state index is 0.000537. The summed E-state index contributed by atoms with van der Waals surface area (Å²) >= 11 is 0. The number of ether oxygens (including phenoxy) is 2. The lowest BCUT2D eigenvalue weighted by molar-refractivity contribution is -0.145. The number of allylic oxidation sites excluding steroid dienone is 1. The molecule has 0 aromatic heterocycles. The molecule has 0 spiro atoms. The molecule has 0 heterocycles. The predicted molar refractivity (Wildman–Crippen MR) is 78.8 cm³/mol. The van der Waals surface area contributed by atoms with Gasteiger partial charge in [0.05, 0.1) is 6.04 Å². The van der Waals surface area contributed by atoms with Gasteiger partial charge in [0.2, 0.25) is 0 Å². The second-order valence-corrected chi connectivity index (χ2v) is 5.84. The first-order valence-corrected chi connectivity index (χ1v) is 6.84. The van der Waals surface area contributed by atoms with E-state index < -0.39 is 29.8 Å². The van der Waals surface area contributed by atoms with Crippen LogP contribution in [0.5, 0.6) is 0 Å². The number of hydrogen-bond donors (Lipinski definition) is 1. The number of hydrogen-bond acceptors (Lipinski definition) is 5. The van der Waals surface area contributed by atoms with E-state index in [1.165, 1.54) is 13.8 Å². The van der Waals surface area contributed by atoms with E-state index in [0.717, 1.165) is 0 Å². The van der Waals surface area contributed by atoms with Crippen molar-refractivity contribution in [3.63, 3.8) is 0 Å². The van der Waals surface area contributed by atoms with Crippen LogP contribution in [0.25, 0.3) is 0 Å².